The number of hydrogen-bond acceptors (Lipinski definition) is 5. The Morgan fingerprint density at radius 2 is 1.71 bits per heavy atom. The first-order chi connectivity index (χ1) is 11.4. The van der Waals surface area contributed by atoms with Crippen molar-refractivity contribution in [2.45, 2.75) is 17.9 Å². The summed E-state index contributed by atoms with van der Waals surface area (Å²) in [5, 5.41) is 12.9. The van der Waals surface area contributed by atoms with Gasteiger partial charge in [0.05, 0.1) is 4.90 Å². The third-order valence-corrected chi connectivity index (χ3v) is 4.87. The van der Waals surface area contributed by atoms with Crippen LogP contribution in [0.25, 0.3) is 0 Å². The highest BCUT2D eigenvalue weighted by Crippen LogP contribution is 2.15. The Kier molecular flexibility index (Phi) is 6.19. The summed E-state index contributed by atoms with van der Waals surface area (Å²) in [6, 6.07) is 13.8. The lowest BCUT2D eigenvalue weighted by atomic mass is 10.2. The minimum atomic E-state index is -3.64. The molecule has 24 heavy (non-hydrogen) atoms. The first-order valence-electron chi connectivity index (χ1n) is 7.56. The SMILES string of the molecule is CNc1ccc(OC[C@H](O)CNS(=O)(=O)c2ccc(C)cc2)cc1. The van der Waals surface area contributed by atoms with Crippen molar-refractivity contribution in [1.82, 2.24) is 4.72 Å². The van der Waals surface area contributed by atoms with Gasteiger partial charge in [-0.15, -0.1) is 0 Å². The highest BCUT2D eigenvalue weighted by atomic mass is 32.2. The molecule has 0 aliphatic heterocycles. The van der Waals surface area contributed by atoms with Crippen LogP contribution >= 0.6 is 0 Å². The van der Waals surface area contributed by atoms with E-state index in [9.17, 15) is 13.5 Å². The van der Waals surface area contributed by atoms with Crippen molar-refractivity contribution in [3.05, 3.63) is 54.1 Å². The maximum atomic E-state index is 12.1. The number of rotatable bonds is 8. The average Bonchev–Trinajstić information content (AvgIpc) is 2.59. The Balaban J connectivity index is 1.83. The van der Waals surface area contributed by atoms with Gasteiger partial charge in [-0.1, -0.05) is 17.7 Å². The summed E-state index contributed by atoms with van der Waals surface area (Å²) >= 11 is 0. The lowest BCUT2D eigenvalue weighted by Crippen LogP contribution is -2.35. The van der Waals surface area contributed by atoms with Crippen molar-refractivity contribution in [2.75, 3.05) is 25.5 Å². The Morgan fingerprint density at radius 1 is 1.08 bits per heavy atom. The van der Waals surface area contributed by atoms with E-state index in [0.29, 0.717) is 5.75 Å². The van der Waals surface area contributed by atoms with Gasteiger partial charge in [0, 0.05) is 19.3 Å². The summed E-state index contributed by atoms with van der Waals surface area (Å²) in [5.74, 6) is 0.606. The fourth-order valence-electron chi connectivity index (χ4n) is 1.98. The number of ether oxygens (including phenoxy) is 1. The van der Waals surface area contributed by atoms with Crippen LogP contribution in [0.1, 0.15) is 5.56 Å². The van der Waals surface area contributed by atoms with Gasteiger partial charge in [-0.3, -0.25) is 0 Å². The Morgan fingerprint density at radius 3 is 2.29 bits per heavy atom. The fourth-order valence-corrected chi connectivity index (χ4v) is 3.05. The Hall–Kier alpha value is -2.09. The van der Waals surface area contributed by atoms with Gasteiger partial charge < -0.3 is 15.2 Å². The van der Waals surface area contributed by atoms with Crippen molar-refractivity contribution >= 4 is 15.7 Å². The number of aliphatic hydroxyl groups is 1. The van der Waals surface area contributed by atoms with E-state index in [1.165, 1.54) is 12.1 Å². The maximum absolute atomic E-state index is 12.1. The molecule has 0 aromatic heterocycles. The number of aliphatic hydroxyl groups excluding tert-OH is 1. The van der Waals surface area contributed by atoms with E-state index in [4.69, 9.17) is 4.74 Å². The third-order valence-electron chi connectivity index (χ3n) is 3.43. The van der Waals surface area contributed by atoms with Gasteiger partial charge in [0.15, 0.2) is 0 Å². The Labute approximate surface area is 142 Å². The quantitative estimate of drug-likeness (QED) is 0.675. The van der Waals surface area contributed by atoms with Crippen molar-refractivity contribution in [1.29, 1.82) is 0 Å². The molecular weight excluding hydrogens is 328 g/mol. The van der Waals surface area contributed by atoms with E-state index < -0.39 is 16.1 Å². The molecular formula is C17H22N2O4S. The molecule has 3 N–H and O–H groups in total. The minimum Gasteiger partial charge on any atom is -0.491 e. The van der Waals surface area contributed by atoms with Gasteiger partial charge in [0.25, 0.3) is 0 Å². The van der Waals surface area contributed by atoms with E-state index in [2.05, 4.69) is 10.0 Å². The summed E-state index contributed by atoms with van der Waals surface area (Å²) in [6.07, 6.45) is -0.950. The molecule has 0 spiro atoms. The molecule has 2 aromatic rings. The maximum Gasteiger partial charge on any atom is 0.240 e. The first-order valence-corrected chi connectivity index (χ1v) is 9.04. The van der Waals surface area contributed by atoms with Crippen molar-refractivity contribution in [3.8, 4) is 5.75 Å². The third kappa shape index (κ3) is 5.23. The van der Waals surface area contributed by atoms with E-state index >= 15 is 0 Å². The minimum absolute atomic E-state index is 0.00464. The van der Waals surface area contributed by atoms with Gasteiger partial charge in [-0.2, -0.15) is 0 Å². The molecule has 130 valence electrons. The largest absolute Gasteiger partial charge is 0.491 e. The number of anilines is 1. The van der Waals surface area contributed by atoms with Gasteiger partial charge >= 0.3 is 0 Å². The summed E-state index contributed by atoms with van der Waals surface area (Å²) in [6.45, 7) is 1.76. The molecule has 0 heterocycles. The molecule has 0 bridgehead atoms. The van der Waals surface area contributed by atoms with Gasteiger partial charge in [-0.25, -0.2) is 13.1 Å². The molecule has 0 radical (unpaired) electrons. The van der Waals surface area contributed by atoms with Crippen LogP contribution in [-0.4, -0.2) is 39.8 Å². The van der Waals surface area contributed by atoms with E-state index in [1.54, 1.807) is 24.3 Å². The number of nitrogens with one attached hydrogen (secondary N) is 2. The van der Waals surface area contributed by atoms with Gasteiger partial charge in [0.2, 0.25) is 10.0 Å². The van der Waals surface area contributed by atoms with Crippen LogP contribution in [0, 0.1) is 6.92 Å². The predicted octanol–water partition coefficient (Wildman–Crippen LogP) is 1.75. The molecule has 0 saturated carbocycles. The lowest BCUT2D eigenvalue weighted by Gasteiger charge is -2.14. The lowest BCUT2D eigenvalue weighted by molar-refractivity contribution is 0.111. The number of sulfonamides is 1. The first kappa shape index (κ1) is 18.3. The van der Waals surface area contributed by atoms with Crippen LogP contribution in [0.4, 0.5) is 5.69 Å². The van der Waals surface area contributed by atoms with Crippen molar-refractivity contribution in [3.63, 3.8) is 0 Å². The summed E-state index contributed by atoms with van der Waals surface area (Å²) in [7, 11) is -1.82. The second kappa shape index (κ2) is 8.14. The molecule has 2 aromatic carbocycles. The molecule has 6 nitrogen and oxygen atoms in total. The molecule has 0 fully saturated rings. The summed E-state index contributed by atoms with van der Waals surface area (Å²) in [5.41, 5.74) is 1.93. The predicted molar refractivity (Wildman–Crippen MR) is 93.9 cm³/mol. The molecule has 2 rings (SSSR count). The van der Waals surface area contributed by atoms with Crippen LogP contribution in [0.5, 0.6) is 5.75 Å². The Bertz CT molecular complexity index is 743. The van der Waals surface area contributed by atoms with Crippen LogP contribution < -0.4 is 14.8 Å². The molecule has 0 aliphatic carbocycles. The fraction of sp³-hybridized carbons (Fsp3) is 0.294. The number of benzene rings is 2. The molecule has 0 saturated heterocycles. The highest BCUT2D eigenvalue weighted by Gasteiger charge is 2.16. The second-order valence-corrected chi connectivity index (χ2v) is 7.17. The summed E-state index contributed by atoms with van der Waals surface area (Å²) in [4.78, 5) is 0.170. The molecule has 7 heteroatoms. The second-order valence-electron chi connectivity index (χ2n) is 5.40. The van der Waals surface area contributed by atoms with E-state index in [1.807, 2.05) is 26.1 Å². The highest BCUT2D eigenvalue weighted by molar-refractivity contribution is 7.89. The standard InChI is InChI=1S/C17H22N2O4S/c1-13-3-9-17(10-4-13)24(21,22)19-11-15(20)12-23-16-7-5-14(18-2)6-8-16/h3-10,15,18-20H,11-12H2,1-2H3/t15-/m1/s1. The van der Waals surface area contributed by atoms with E-state index in [-0.39, 0.29) is 18.0 Å². The normalized spacial score (nSPS) is 12.6. The topological polar surface area (TPSA) is 87.7 Å². The molecule has 1 atom stereocenters. The average molecular weight is 350 g/mol. The van der Waals surface area contributed by atoms with Crippen LogP contribution in [0.3, 0.4) is 0 Å². The van der Waals surface area contributed by atoms with Crippen molar-refractivity contribution in [2.24, 2.45) is 0 Å². The van der Waals surface area contributed by atoms with Gasteiger partial charge in [-0.05, 0) is 43.3 Å². The number of aryl methyl sites for hydroxylation is 1. The van der Waals surface area contributed by atoms with Crippen LogP contribution in [0.15, 0.2) is 53.4 Å². The van der Waals surface area contributed by atoms with Gasteiger partial charge in [0.1, 0.15) is 18.5 Å². The van der Waals surface area contributed by atoms with Crippen LogP contribution in [-0.2, 0) is 10.0 Å². The smallest absolute Gasteiger partial charge is 0.240 e. The zero-order valence-electron chi connectivity index (χ0n) is 13.7. The number of hydrogen-bond donors (Lipinski definition) is 3. The zero-order chi connectivity index (χ0) is 17.6. The summed E-state index contributed by atoms with van der Waals surface area (Å²) < 4.78 is 32.1. The molecule has 0 unspecified atom stereocenters. The monoisotopic (exact) mass is 350 g/mol. The van der Waals surface area contributed by atoms with E-state index in [0.717, 1.165) is 11.3 Å². The molecule has 0 amide bonds. The zero-order valence-corrected chi connectivity index (χ0v) is 14.5. The van der Waals surface area contributed by atoms with Crippen molar-refractivity contribution < 1.29 is 18.3 Å². The molecule has 0 aliphatic rings. The van der Waals surface area contributed by atoms with Crippen LogP contribution in [0.2, 0.25) is 0 Å².